The first-order valence-corrected chi connectivity index (χ1v) is 14.4. The maximum atomic E-state index is 13.1. The summed E-state index contributed by atoms with van der Waals surface area (Å²) in [5.74, 6) is -1.24. The normalized spacial score (nSPS) is 22.7. The van der Waals surface area contributed by atoms with Crippen LogP contribution in [0.25, 0.3) is 0 Å². The zero-order valence-corrected chi connectivity index (χ0v) is 22.9. The smallest absolute Gasteiger partial charge is 0.326 e. The van der Waals surface area contributed by atoms with Crippen LogP contribution in [0.2, 0.25) is 0 Å². The van der Waals surface area contributed by atoms with Crippen LogP contribution in [0.4, 0.5) is 0 Å². The highest BCUT2D eigenvalue weighted by Gasteiger charge is 2.48. The van der Waals surface area contributed by atoms with Gasteiger partial charge in [0.25, 0.3) is 10.1 Å². The van der Waals surface area contributed by atoms with Gasteiger partial charge in [0.2, 0.25) is 5.91 Å². The van der Waals surface area contributed by atoms with E-state index in [1.165, 1.54) is 12.1 Å². The van der Waals surface area contributed by atoms with Crippen molar-refractivity contribution in [3.8, 4) is 0 Å². The number of nitrogens with one attached hydrogen (secondary N) is 1. The number of carboxylic acids is 1. The number of likely N-dealkylation sites (tertiary alicyclic amines) is 1. The van der Waals surface area contributed by atoms with Gasteiger partial charge in [-0.3, -0.25) is 19.5 Å². The molecule has 2 fully saturated rings. The summed E-state index contributed by atoms with van der Waals surface area (Å²) in [4.78, 5) is 38.4. The number of hydrogen-bond acceptors (Lipinski definition) is 7. The third kappa shape index (κ3) is 8.51. The zero-order valence-electron chi connectivity index (χ0n) is 22.1. The van der Waals surface area contributed by atoms with E-state index in [1.807, 2.05) is 13.8 Å². The highest BCUT2D eigenvalue weighted by molar-refractivity contribution is 7.85. The van der Waals surface area contributed by atoms with Crippen molar-refractivity contribution < 1.29 is 37.2 Å². The number of ether oxygens (including phenoxy) is 1. The predicted octanol–water partition coefficient (Wildman–Crippen LogP) is 3.18. The molecule has 1 saturated heterocycles. The highest BCUT2D eigenvalue weighted by atomic mass is 32.2. The molecule has 5 atom stereocenters. The summed E-state index contributed by atoms with van der Waals surface area (Å²) in [6.07, 6.45) is 5.87. The lowest BCUT2D eigenvalue weighted by molar-refractivity contribution is -0.152. The van der Waals surface area contributed by atoms with E-state index in [-0.39, 0.29) is 28.7 Å². The van der Waals surface area contributed by atoms with Crippen LogP contribution in [0.15, 0.2) is 29.2 Å². The summed E-state index contributed by atoms with van der Waals surface area (Å²) in [5, 5.41) is 12.7. The minimum absolute atomic E-state index is 0.00817. The molecule has 3 rings (SSSR count). The molecule has 0 bridgehead atoms. The Hall–Kier alpha value is -2.50. The maximum absolute atomic E-state index is 13.1. The van der Waals surface area contributed by atoms with Crippen LogP contribution in [0.5, 0.6) is 0 Å². The molecule has 1 amide bonds. The average Bonchev–Trinajstić information content (AvgIpc) is 3.23. The molecular weight excluding hydrogens is 500 g/mol. The molecule has 208 valence electrons. The number of rotatable bonds is 9. The van der Waals surface area contributed by atoms with Crippen molar-refractivity contribution >= 4 is 28.0 Å². The number of aliphatic carboxylic acids is 1. The summed E-state index contributed by atoms with van der Waals surface area (Å²) in [6, 6.07) is 4.06. The van der Waals surface area contributed by atoms with Gasteiger partial charge in [0.1, 0.15) is 12.1 Å². The van der Waals surface area contributed by atoms with Gasteiger partial charge in [0, 0.05) is 6.04 Å². The second kappa shape index (κ2) is 13.9. The number of amides is 1. The molecule has 10 nitrogen and oxygen atoms in total. The van der Waals surface area contributed by atoms with Crippen molar-refractivity contribution in [2.75, 3.05) is 6.61 Å². The molecule has 11 heteroatoms. The Kier molecular flexibility index (Phi) is 11.5. The van der Waals surface area contributed by atoms with Gasteiger partial charge in [-0.05, 0) is 64.5 Å². The quantitative estimate of drug-likeness (QED) is 0.317. The molecular formula is C26H40N2O8S. The molecule has 1 aliphatic carbocycles. The van der Waals surface area contributed by atoms with Crippen molar-refractivity contribution in [1.82, 2.24) is 10.2 Å². The maximum Gasteiger partial charge on any atom is 0.326 e. The molecule has 37 heavy (non-hydrogen) atoms. The molecule has 1 saturated carbocycles. The second-order valence-corrected chi connectivity index (χ2v) is 11.1. The van der Waals surface area contributed by atoms with E-state index in [4.69, 9.17) is 9.29 Å². The van der Waals surface area contributed by atoms with E-state index >= 15 is 0 Å². The molecule has 1 aliphatic heterocycles. The van der Waals surface area contributed by atoms with Gasteiger partial charge >= 0.3 is 11.9 Å². The van der Waals surface area contributed by atoms with E-state index in [0.29, 0.717) is 19.4 Å². The lowest BCUT2D eigenvalue weighted by atomic mass is 9.84. The molecule has 3 N–H and O–H groups in total. The number of carboxylic acid groups (broad SMARTS) is 1. The van der Waals surface area contributed by atoms with E-state index in [0.717, 1.165) is 37.7 Å². The van der Waals surface area contributed by atoms with Crippen LogP contribution >= 0.6 is 0 Å². The SMILES string of the molecule is CCC[C@H](N[C@@H](C)C(=O)N1[C@H](C(=O)O)C[C@@H]2CCCC[C@@H]21)C(=O)OCC.Cc1ccc(S(=O)(=O)O)cc1. The Morgan fingerprint density at radius 3 is 2.30 bits per heavy atom. The first-order valence-electron chi connectivity index (χ1n) is 12.9. The van der Waals surface area contributed by atoms with Gasteiger partial charge in [0.05, 0.1) is 17.5 Å². The van der Waals surface area contributed by atoms with Crippen LogP contribution in [-0.2, 0) is 29.2 Å². The van der Waals surface area contributed by atoms with Crippen molar-refractivity contribution in [2.24, 2.45) is 5.92 Å². The Labute approximate surface area is 219 Å². The lowest BCUT2D eigenvalue weighted by Crippen LogP contribution is -2.55. The standard InChI is InChI=1S/C19H32N2O5.C7H8O3S/c1-4-8-14(19(25)26-5-2)20-12(3)17(22)21-15-10-7-6-9-13(15)11-16(21)18(23)24;1-6-2-4-7(5-3-6)11(8,9)10/h12-16,20H,4-11H2,1-3H3,(H,23,24);2-5H,1H3,(H,8,9,10)/t12-,13-,14-,15-,16-;/m0./s1. The number of fused-ring (bicyclic) bond motifs is 1. The van der Waals surface area contributed by atoms with Crippen molar-refractivity contribution in [1.29, 1.82) is 0 Å². The molecule has 1 aromatic rings. The number of hydrogen-bond donors (Lipinski definition) is 3. The molecule has 0 radical (unpaired) electrons. The van der Waals surface area contributed by atoms with Crippen molar-refractivity contribution in [2.45, 2.75) is 102 Å². The van der Waals surface area contributed by atoms with Gasteiger partial charge in [-0.25, -0.2) is 4.79 Å². The number of carbonyl (C=O) groups is 3. The molecule has 0 unspecified atom stereocenters. The number of benzene rings is 1. The minimum atomic E-state index is -4.02. The fraction of sp³-hybridized carbons (Fsp3) is 0.654. The van der Waals surface area contributed by atoms with Crippen LogP contribution < -0.4 is 5.32 Å². The monoisotopic (exact) mass is 540 g/mol. The number of carbonyl (C=O) groups excluding carboxylic acids is 2. The van der Waals surface area contributed by atoms with Gasteiger partial charge in [-0.1, -0.05) is 43.9 Å². The van der Waals surface area contributed by atoms with Crippen LogP contribution in [-0.4, -0.2) is 71.6 Å². The molecule has 0 aromatic heterocycles. The largest absolute Gasteiger partial charge is 0.480 e. The van der Waals surface area contributed by atoms with Crippen LogP contribution in [0, 0.1) is 12.8 Å². The zero-order chi connectivity index (χ0) is 27.8. The van der Waals surface area contributed by atoms with Crippen LogP contribution in [0.3, 0.4) is 0 Å². The van der Waals surface area contributed by atoms with Gasteiger partial charge in [-0.2, -0.15) is 8.42 Å². The summed E-state index contributed by atoms with van der Waals surface area (Å²) < 4.78 is 34.6. The summed E-state index contributed by atoms with van der Waals surface area (Å²) in [5.41, 5.74) is 0.956. The Bertz CT molecular complexity index is 1030. The fourth-order valence-corrected chi connectivity index (χ4v) is 5.59. The van der Waals surface area contributed by atoms with Gasteiger partial charge in [0.15, 0.2) is 0 Å². The molecule has 1 heterocycles. The average molecular weight is 541 g/mol. The van der Waals surface area contributed by atoms with Gasteiger partial charge < -0.3 is 14.7 Å². The number of nitrogens with zero attached hydrogens (tertiary/aromatic N) is 1. The fourth-order valence-electron chi connectivity index (χ4n) is 5.11. The van der Waals surface area contributed by atoms with Gasteiger partial charge in [-0.15, -0.1) is 0 Å². The van der Waals surface area contributed by atoms with E-state index in [9.17, 15) is 27.9 Å². The highest BCUT2D eigenvalue weighted by Crippen LogP contribution is 2.40. The number of esters is 1. The number of aryl methyl sites for hydroxylation is 1. The Balaban J connectivity index is 0.000000364. The molecule has 2 aliphatic rings. The minimum Gasteiger partial charge on any atom is -0.480 e. The Morgan fingerprint density at radius 2 is 1.76 bits per heavy atom. The lowest BCUT2D eigenvalue weighted by Gasteiger charge is -2.35. The van der Waals surface area contributed by atoms with E-state index in [2.05, 4.69) is 5.32 Å². The third-order valence-electron chi connectivity index (χ3n) is 6.92. The summed E-state index contributed by atoms with van der Waals surface area (Å²) in [7, 11) is -4.02. The van der Waals surface area contributed by atoms with E-state index < -0.39 is 34.2 Å². The molecule has 0 spiro atoms. The molecule has 1 aromatic carbocycles. The van der Waals surface area contributed by atoms with E-state index in [1.54, 1.807) is 30.9 Å². The van der Waals surface area contributed by atoms with Crippen molar-refractivity contribution in [3.63, 3.8) is 0 Å². The topological polar surface area (TPSA) is 150 Å². The third-order valence-corrected chi connectivity index (χ3v) is 7.78. The summed E-state index contributed by atoms with van der Waals surface area (Å²) >= 11 is 0. The van der Waals surface area contributed by atoms with Crippen molar-refractivity contribution in [3.05, 3.63) is 29.8 Å². The second-order valence-electron chi connectivity index (χ2n) is 9.72. The predicted molar refractivity (Wildman–Crippen MR) is 138 cm³/mol. The first-order chi connectivity index (χ1) is 17.4. The first kappa shape index (κ1) is 30.7. The van der Waals surface area contributed by atoms with Crippen LogP contribution in [0.1, 0.15) is 71.3 Å². The Morgan fingerprint density at radius 1 is 1.14 bits per heavy atom. The summed E-state index contributed by atoms with van der Waals surface area (Å²) in [6.45, 7) is 7.56.